The molecule has 0 aromatic carbocycles. The Bertz CT molecular complexity index is 1140. The van der Waals surface area contributed by atoms with E-state index in [1.54, 1.807) is 13.0 Å². The van der Waals surface area contributed by atoms with Crippen molar-refractivity contribution in [1.29, 1.82) is 0 Å². The SMILES string of the molecule is CN=S(C)(=O)c1cc(Br)c(C)nc1Nc1cc(NC(=O)C2CC2)nnc1C(=O)NC. The van der Waals surface area contributed by atoms with E-state index in [0.29, 0.717) is 15.1 Å². The molecule has 3 N–H and O–H groups in total. The van der Waals surface area contributed by atoms with Crippen LogP contribution in [0.3, 0.4) is 0 Å². The highest BCUT2D eigenvalue weighted by atomic mass is 79.9. The average Bonchev–Trinajstić information content (AvgIpc) is 3.55. The lowest BCUT2D eigenvalue weighted by molar-refractivity contribution is -0.117. The van der Waals surface area contributed by atoms with Gasteiger partial charge in [-0.2, -0.15) is 0 Å². The zero-order chi connectivity index (χ0) is 22.1. The summed E-state index contributed by atoms with van der Waals surface area (Å²) in [6.45, 7) is 1.78. The number of anilines is 3. The minimum Gasteiger partial charge on any atom is -0.354 e. The van der Waals surface area contributed by atoms with Gasteiger partial charge in [0, 0.05) is 36.8 Å². The van der Waals surface area contributed by atoms with E-state index in [1.807, 2.05) is 0 Å². The largest absolute Gasteiger partial charge is 0.354 e. The average molecular weight is 496 g/mol. The zero-order valence-corrected chi connectivity index (χ0v) is 19.3. The molecular weight excluding hydrogens is 474 g/mol. The fourth-order valence-corrected chi connectivity index (χ4v) is 4.03. The van der Waals surface area contributed by atoms with Gasteiger partial charge in [0.25, 0.3) is 5.91 Å². The number of rotatable bonds is 6. The minimum atomic E-state index is -2.75. The van der Waals surface area contributed by atoms with Gasteiger partial charge in [0.15, 0.2) is 11.5 Å². The number of hydrogen-bond donors (Lipinski definition) is 3. The van der Waals surface area contributed by atoms with Gasteiger partial charge in [-0.1, -0.05) is 0 Å². The smallest absolute Gasteiger partial charge is 0.273 e. The van der Waals surface area contributed by atoms with Crippen molar-refractivity contribution < 1.29 is 13.8 Å². The molecule has 1 aliphatic rings. The van der Waals surface area contributed by atoms with Gasteiger partial charge >= 0.3 is 0 Å². The highest BCUT2D eigenvalue weighted by Gasteiger charge is 2.30. The Morgan fingerprint density at radius 3 is 2.57 bits per heavy atom. The van der Waals surface area contributed by atoms with Crippen molar-refractivity contribution in [3.63, 3.8) is 0 Å². The third kappa shape index (κ3) is 4.75. The molecule has 2 heterocycles. The number of nitrogens with one attached hydrogen (secondary N) is 3. The molecule has 10 nitrogen and oxygen atoms in total. The Hall–Kier alpha value is -2.60. The van der Waals surface area contributed by atoms with Crippen molar-refractivity contribution in [1.82, 2.24) is 20.5 Å². The van der Waals surface area contributed by atoms with Gasteiger partial charge in [0.05, 0.1) is 26.0 Å². The molecule has 0 spiro atoms. The molecule has 2 aromatic rings. The molecule has 0 aliphatic heterocycles. The maximum absolute atomic E-state index is 13.0. The van der Waals surface area contributed by atoms with Crippen LogP contribution in [-0.4, -0.2) is 51.6 Å². The number of pyridine rings is 1. The van der Waals surface area contributed by atoms with E-state index in [-0.39, 0.29) is 34.8 Å². The van der Waals surface area contributed by atoms with Crippen LogP contribution in [-0.2, 0) is 14.5 Å². The molecule has 0 saturated heterocycles. The van der Waals surface area contributed by atoms with Crippen LogP contribution in [0.4, 0.5) is 17.3 Å². The van der Waals surface area contributed by atoms with Crippen molar-refractivity contribution >= 4 is 54.8 Å². The summed E-state index contributed by atoms with van der Waals surface area (Å²) in [5, 5.41) is 16.1. The van der Waals surface area contributed by atoms with E-state index in [1.165, 1.54) is 26.4 Å². The summed E-state index contributed by atoms with van der Waals surface area (Å²) in [6.07, 6.45) is 3.19. The van der Waals surface area contributed by atoms with Crippen LogP contribution >= 0.6 is 15.9 Å². The maximum atomic E-state index is 13.0. The Kier molecular flexibility index (Phi) is 6.36. The molecule has 2 aromatic heterocycles. The summed E-state index contributed by atoms with van der Waals surface area (Å²) in [5.74, 6) is -0.151. The first-order chi connectivity index (χ1) is 14.2. The highest BCUT2D eigenvalue weighted by Crippen LogP contribution is 2.32. The van der Waals surface area contributed by atoms with Crippen molar-refractivity contribution in [3.05, 3.63) is 28.0 Å². The molecule has 12 heteroatoms. The molecule has 1 fully saturated rings. The minimum absolute atomic E-state index is 0.00582. The second kappa shape index (κ2) is 8.64. The topological polar surface area (TPSA) is 138 Å². The van der Waals surface area contributed by atoms with Gasteiger partial charge < -0.3 is 16.0 Å². The first kappa shape index (κ1) is 22.1. The molecule has 2 amide bonds. The Labute approximate surface area is 183 Å². The zero-order valence-electron chi connectivity index (χ0n) is 16.9. The summed E-state index contributed by atoms with van der Waals surface area (Å²) in [7, 11) is 0.193. The standard InChI is InChI=1S/C18H22BrN7O3S/c1-9-11(19)7-13(30(4,29)21-3)16(22-9)23-12-8-14(24-17(27)10-5-6-10)25-26-15(12)18(28)20-2/h7-8,10H,5-6H2,1-4H3,(H,20,28)(H2,22,23,24,25,27). The Morgan fingerprint density at radius 1 is 1.27 bits per heavy atom. The van der Waals surface area contributed by atoms with E-state index < -0.39 is 15.6 Å². The lowest BCUT2D eigenvalue weighted by atomic mass is 10.2. The third-order valence-electron chi connectivity index (χ3n) is 4.56. The number of hydrogen-bond acceptors (Lipinski definition) is 8. The molecule has 30 heavy (non-hydrogen) atoms. The highest BCUT2D eigenvalue weighted by molar-refractivity contribution is 9.10. The number of halogens is 1. The van der Waals surface area contributed by atoms with Crippen LogP contribution in [0.2, 0.25) is 0 Å². The lowest BCUT2D eigenvalue weighted by Gasteiger charge is -2.16. The number of carbonyl (C=O) groups is 2. The number of amides is 2. The Morgan fingerprint density at radius 2 is 1.97 bits per heavy atom. The summed E-state index contributed by atoms with van der Waals surface area (Å²) in [6, 6.07) is 3.19. The van der Waals surface area contributed by atoms with Crippen LogP contribution in [0.15, 0.2) is 25.9 Å². The summed E-state index contributed by atoms with van der Waals surface area (Å²) in [4.78, 5) is 29.2. The van der Waals surface area contributed by atoms with E-state index in [2.05, 4.69) is 51.4 Å². The van der Waals surface area contributed by atoms with Crippen molar-refractivity contribution in [3.8, 4) is 0 Å². The van der Waals surface area contributed by atoms with E-state index in [4.69, 9.17) is 0 Å². The van der Waals surface area contributed by atoms with Crippen LogP contribution in [0.1, 0.15) is 29.0 Å². The van der Waals surface area contributed by atoms with Crippen molar-refractivity contribution in [2.24, 2.45) is 10.3 Å². The van der Waals surface area contributed by atoms with E-state index >= 15 is 0 Å². The number of carbonyl (C=O) groups excluding carboxylic acids is 2. The van der Waals surface area contributed by atoms with Gasteiger partial charge in [-0.05, 0) is 41.8 Å². The molecule has 160 valence electrons. The third-order valence-corrected chi connectivity index (χ3v) is 7.19. The molecular formula is C18H22BrN7O3S. The quantitative estimate of drug-likeness (QED) is 0.559. The predicted octanol–water partition coefficient (Wildman–Crippen LogP) is 2.48. The second-order valence-electron chi connectivity index (χ2n) is 6.85. The molecule has 1 saturated carbocycles. The summed E-state index contributed by atoms with van der Waals surface area (Å²) < 4.78 is 17.6. The second-order valence-corrected chi connectivity index (χ2v) is 10.1. The monoisotopic (exact) mass is 495 g/mol. The van der Waals surface area contributed by atoms with Gasteiger partial charge in [-0.25, -0.2) is 13.6 Å². The maximum Gasteiger partial charge on any atom is 0.273 e. The van der Waals surface area contributed by atoms with E-state index in [0.717, 1.165) is 12.8 Å². The number of aryl methyl sites for hydroxylation is 1. The van der Waals surface area contributed by atoms with Gasteiger partial charge in [-0.15, -0.1) is 10.2 Å². The lowest BCUT2D eigenvalue weighted by Crippen LogP contribution is -2.23. The molecule has 1 atom stereocenters. The molecule has 1 unspecified atom stereocenters. The van der Waals surface area contributed by atoms with E-state index in [9.17, 15) is 13.8 Å². The number of nitrogens with zero attached hydrogens (tertiary/aromatic N) is 4. The molecule has 0 bridgehead atoms. The fraction of sp³-hybridized carbons (Fsp3) is 0.389. The van der Waals surface area contributed by atoms with Crippen LogP contribution < -0.4 is 16.0 Å². The fourth-order valence-electron chi connectivity index (χ4n) is 2.58. The van der Waals surface area contributed by atoms with Gasteiger partial charge in [0.1, 0.15) is 5.82 Å². The van der Waals surface area contributed by atoms with Gasteiger partial charge in [-0.3, -0.25) is 9.59 Å². The van der Waals surface area contributed by atoms with Crippen LogP contribution in [0, 0.1) is 12.8 Å². The van der Waals surface area contributed by atoms with Gasteiger partial charge in [0.2, 0.25) is 5.91 Å². The van der Waals surface area contributed by atoms with Crippen LogP contribution in [0.5, 0.6) is 0 Å². The summed E-state index contributed by atoms with van der Waals surface area (Å²) in [5.41, 5.74) is 0.918. The predicted molar refractivity (Wildman–Crippen MR) is 117 cm³/mol. The molecule has 0 radical (unpaired) electrons. The summed E-state index contributed by atoms with van der Waals surface area (Å²) >= 11 is 3.40. The normalized spacial score (nSPS) is 15.1. The molecule has 3 rings (SSSR count). The first-order valence-corrected chi connectivity index (χ1v) is 11.8. The Balaban J connectivity index is 2.08. The van der Waals surface area contributed by atoms with Crippen molar-refractivity contribution in [2.75, 3.05) is 31.0 Å². The first-order valence-electron chi connectivity index (χ1n) is 9.11. The van der Waals surface area contributed by atoms with Crippen molar-refractivity contribution in [2.45, 2.75) is 24.7 Å². The molecule has 1 aliphatic carbocycles. The number of aromatic nitrogens is 3. The van der Waals surface area contributed by atoms with Crippen LogP contribution in [0.25, 0.3) is 0 Å².